The van der Waals surface area contributed by atoms with Gasteiger partial charge in [-0.25, -0.2) is 14.2 Å². The number of carbonyl (C=O) groups is 2. The highest BCUT2D eigenvalue weighted by Gasteiger charge is 2.34. The summed E-state index contributed by atoms with van der Waals surface area (Å²) in [6, 6.07) is 4.57. The second-order valence-electron chi connectivity index (χ2n) is 6.06. The van der Waals surface area contributed by atoms with E-state index in [0.29, 0.717) is 31.7 Å². The molecular weight excluding hydrogens is 337 g/mol. The first-order chi connectivity index (χ1) is 12.6. The Hall–Kier alpha value is -2.90. The van der Waals surface area contributed by atoms with Crippen molar-refractivity contribution in [1.82, 2.24) is 25.1 Å². The maximum absolute atomic E-state index is 13.2. The van der Waals surface area contributed by atoms with Gasteiger partial charge in [-0.3, -0.25) is 4.79 Å². The molecule has 1 unspecified atom stereocenters. The monoisotopic (exact) mass is 359 g/mol. The number of benzene rings is 1. The average molecular weight is 359 g/mol. The van der Waals surface area contributed by atoms with E-state index in [1.165, 1.54) is 29.2 Å². The third-order valence-corrected chi connectivity index (χ3v) is 4.41. The second-order valence-corrected chi connectivity index (χ2v) is 6.06. The number of aryl methyl sites for hydroxylation is 1. The van der Waals surface area contributed by atoms with Crippen molar-refractivity contribution in [1.29, 1.82) is 0 Å². The summed E-state index contributed by atoms with van der Waals surface area (Å²) in [5, 5.41) is 5.61. The Bertz CT molecular complexity index is 774. The van der Waals surface area contributed by atoms with Crippen LogP contribution in [0.15, 0.2) is 36.7 Å². The van der Waals surface area contributed by atoms with Crippen LogP contribution >= 0.6 is 0 Å². The van der Waals surface area contributed by atoms with Crippen LogP contribution in [0.25, 0.3) is 0 Å². The molecule has 0 saturated carbocycles. The van der Waals surface area contributed by atoms with Crippen molar-refractivity contribution in [3.63, 3.8) is 0 Å². The summed E-state index contributed by atoms with van der Waals surface area (Å²) in [5.74, 6) is 0.315. The summed E-state index contributed by atoms with van der Waals surface area (Å²) in [6.07, 6.45) is 4.43. The molecule has 1 fully saturated rings. The van der Waals surface area contributed by atoms with E-state index in [1.54, 1.807) is 6.20 Å². The smallest absolute Gasteiger partial charge is 0.318 e. The molecule has 1 aliphatic heterocycles. The van der Waals surface area contributed by atoms with Gasteiger partial charge in [0.05, 0.1) is 0 Å². The molecule has 2 heterocycles. The Kier molecular flexibility index (Phi) is 5.50. The Morgan fingerprint density at radius 2 is 2.15 bits per heavy atom. The van der Waals surface area contributed by atoms with Crippen molar-refractivity contribution < 1.29 is 14.0 Å². The van der Waals surface area contributed by atoms with Gasteiger partial charge in [0, 0.05) is 45.0 Å². The molecule has 1 aromatic heterocycles. The standard InChI is InChI=1S/C18H22FN5O2/c1-2-15-20-7-10-23(15)11-8-22-18(26)24-12-9-21-17(25)16(24)13-3-5-14(19)6-4-13/h3-7,10,16H,2,8-9,11-12H2,1H3,(H,21,25)(H,22,26). The van der Waals surface area contributed by atoms with E-state index in [2.05, 4.69) is 15.6 Å². The van der Waals surface area contributed by atoms with E-state index in [4.69, 9.17) is 0 Å². The maximum atomic E-state index is 13.2. The van der Waals surface area contributed by atoms with Crippen molar-refractivity contribution in [3.05, 3.63) is 53.9 Å². The number of halogens is 1. The van der Waals surface area contributed by atoms with E-state index in [0.717, 1.165) is 12.2 Å². The van der Waals surface area contributed by atoms with Gasteiger partial charge < -0.3 is 20.1 Å². The number of urea groups is 1. The molecule has 138 valence electrons. The lowest BCUT2D eigenvalue weighted by molar-refractivity contribution is -0.127. The molecule has 1 aromatic carbocycles. The Balaban J connectivity index is 1.65. The number of carbonyl (C=O) groups excluding carboxylic acids is 2. The molecule has 2 N–H and O–H groups in total. The molecule has 26 heavy (non-hydrogen) atoms. The minimum atomic E-state index is -0.760. The largest absolute Gasteiger partial charge is 0.352 e. The maximum Gasteiger partial charge on any atom is 0.318 e. The fraction of sp³-hybridized carbons (Fsp3) is 0.389. The van der Waals surface area contributed by atoms with Gasteiger partial charge in [-0.05, 0) is 17.7 Å². The first-order valence-corrected chi connectivity index (χ1v) is 8.67. The molecule has 1 atom stereocenters. The van der Waals surface area contributed by atoms with E-state index in [9.17, 15) is 14.0 Å². The van der Waals surface area contributed by atoms with Crippen molar-refractivity contribution in [2.24, 2.45) is 0 Å². The van der Waals surface area contributed by atoms with Crippen LogP contribution in [0.2, 0.25) is 0 Å². The molecule has 1 saturated heterocycles. The summed E-state index contributed by atoms with van der Waals surface area (Å²) in [7, 11) is 0. The van der Waals surface area contributed by atoms with Crippen LogP contribution in [0, 0.1) is 5.82 Å². The summed E-state index contributed by atoms with van der Waals surface area (Å²) in [6.45, 7) is 3.85. The number of nitrogens with zero attached hydrogens (tertiary/aromatic N) is 3. The van der Waals surface area contributed by atoms with E-state index >= 15 is 0 Å². The molecule has 0 bridgehead atoms. The minimum absolute atomic E-state index is 0.263. The Morgan fingerprint density at radius 3 is 2.88 bits per heavy atom. The molecule has 8 heteroatoms. The van der Waals surface area contributed by atoms with E-state index < -0.39 is 6.04 Å². The van der Waals surface area contributed by atoms with Gasteiger partial charge in [-0.15, -0.1) is 0 Å². The Labute approximate surface area is 151 Å². The Morgan fingerprint density at radius 1 is 1.38 bits per heavy atom. The molecule has 0 spiro atoms. The third kappa shape index (κ3) is 3.84. The van der Waals surface area contributed by atoms with E-state index in [-0.39, 0.29) is 17.8 Å². The minimum Gasteiger partial charge on any atom is -0.352 e. The van der Waals surface area contributed by atoms with Gasteiger partial charge in [0.15, 0.2) is 0 Å². The topological polar surface area (TPSA) is 79.3 Å². The molecule has 7 nitrogen and oxygen atoms in total. The first-order valence-electron chi connectivity index (χ1n) is 8.67. The quantitative estimate of drug-likeness (QED) is 0.848. The second kappa shape index (κ2) is 7.99. The van der Waals surface area contributed by atoms with E-state index in [1.807, 2.05) is 17.7 Å². The number of nitrogens with one attached hydrogen (secondary N) is 2. The number of rotatable bonds is 5. The van der Waals surface area contributed by atoms with Gasteiger partial charge in [0.1, 0.15) is 17.7 Å². The van der Waals surface area contributed by atoms with Gasteiger partial charge >= 0.3 is 6.03 Å². The SMILES string of the molecule is CCc1nccn1CCNC(=O)N1CCNC(=O)C1c1ccc(F)cc1. The number of aromatic nitrogens is 2. The van der Waals surface area contributed by atoms with Crippen LogP contribution in [0.1, 0.15) is 24.4 Å². The first kappa shape index (κ1) is 17.9. The molecule has 1 aliphatic rings. The van der Waals surface area contributed by atoms with Crippen molar-refractivity contribution >= 4 is 11.9 Å². The van der Waals surface area contributed by atoms with Gasteiger partial charge in [0.2, 0.25) is 5.91 Å². The van der Waals surface area contributed by atoms with Crippen LogP contribution in [0.5, 0.6) is 0 Å². The molecule has 3 amide bonds. The molecular formula is C18H22FN5O2. The fourth-order valence-corrected chi connectivity index (χ4v) is 3.10. The number of amides is 3. The lowest BCUT2D eigenvalue weighted by atomic mass is 10.0. The number of hydrogen-bond acceptors (Lipinski definition) is 3. The molecule has 0 aliphatic carbocycles. The highest BCUT2D eigenvalue weighted by atomic mass is 19.1. The predicted molar refractivity (Wildman–Crippen MR) is 93.9 cm³/mol. The van der Waals surface area contributed by atoms with Crippen molar-refractivity contribution in [3.8, 4) is 0 Å². The highest BCUT2D eigenvalue weighted by Crippen LogP contribution is 2.23. The number of hydrogen-bond donors (Lipinski definition) is 2. The molecule has 0 radical (unpaired) electrons. The normalized spacial score (nSPS) is 17.1. The van der Waals surface area contributed by atoms with Gasteiger partial charge in [-0.2, -0.15) is 0 Å². The highest BCUT2D eigenvalue weighted by molar-refractivity contribution is 5.89. The zero-order valence-electron chi connectivity index (χ0n) is 14.6. The van der Waals surface area contributed by atoms with Gasteiger partial charge in [0.25, 0.3) is 0 Å². The van der Waals surface area contributed by atoms with Gasteiger partial charge in [-0.1, -0.05) is 19.1 Å². The summed E-state index contributed by atoms with van der Waals surface area (Å²) in [5.41, 5.74) is 0.585. The predicted octanol–water partition coefficient (Wildman–Crippen LogP) is 1.47. The zero-order valence-corrected chi connectivity index (χ0v) is 14.6. The zero-order chi connectivity index (χ0) is 18.5. The fourth-order valence-electron chi connectivity index (χ4n) is 3.10. The lowest BCUT2D eigenvalue weighted by Gasteiger charge is -2.35. The van der Waals surface area contributed by atoms with Crippen molar-refractivity contribution in [2.75, 3.05) is 19.6 Å². The van der Waals surface area contributed by atoms with Crippen molar-refractivity contribution in [2.45, 2.75) is 25.9 Å². The van der Waals surface area contributed by atoms with Crippen LogP contribution in [0.4, 0.5) is 9.18 Å². The average Bonchev–Trinajstić information content (AvgIpc) is 3.10. The summed E-state index contributed by atoms with van der Waals surface area (Å²) in [4.78, 5) is 30.6. The summed E-state index contributed by atoms with van der Waals surface area (Å²) >= 11 is 0. The number of piperazine rings is 1. The number of imidazole rings is 1. The molecule has 3 rings (SSSR count). The van der Waals surface area contributed by atoms with Crippen LogP contribution < -0.4 is 10.6 Å². The van der Waals surface area contributed by atoms with Crippen LogP contribution in [-0.2, 0) is 17.8 Å². The van der Waals surface area contributed by atoms with Crippen LogP contribution in [0.3, 0.4) is 0 Å². The third-order valence-electron chi connectivity index (χ3n) is 4.41. The summed E-state index contributed by atoms with van der Waals surface area (Å²) < 4.78 is 15.2. The van der Waals surface area contributed by atoms with Crippen LogP contribution in [-0.4, -0.2) is 46.0 Å². The lowest BCUT2D eigenvalue weighted by Crippen LogP contribution is -2.55. The molecule has 2 aromatic rings.